The highest BCUT2D eigenvalue weighted by atomic mass is 32.2. The van der Waals surface area contributed by atoms with Gasteiger partial charge in [0.25, 0.3) is 0 Å². The number of sulfonamides is 1. The Labute approximate surface area is 133 Å². The van der Waals surface area contributed by atoms with Crippen LogP contribution in [-0.4, -0.2) is 26.0 Å². The number of aryl methyl sites for hydroxylation is 1. The van der Waals surface area contributed by atoms with Crippen LogP contribution in [0.25, 0.3) is 0 Å². The van der Waals surface area contributed by atoms with Gasteiger partial charge in [-0.05, 0) is 24.1 Å². The minimum absolute atomic E-state index is 0.180. The summed E-state index contributed by atoms with van der Waals surface area (Å²) >= 11 is 1.20. The summed E-state index contributed by atoms with van der Waals surface area (Å²) in [7, 11) is -3.68. The predicted octanol–water partition coefficient (Wildman–Crippen LogP) is 2.46. The zero-order valence-corrected chi connectivity index (χ0v) is 13.7. The number of nitrogens with one attached hydrogen (secondary N) is 1. The Hall–Kier alpha value is -1.70. The Kier molecular flexibility index (Phi) is 5.33. The number of carbonyl (C=O) groups is 1. The van der Waals surface area contributed by atoms with Gasteiger partial charge >= 0.3 is 5.97 Å². The molecule has 2 aromatic rings. The summed E-state index contributed by atoms with van der Waals surface area (Å²) in [5.74, 6) is -1.98. The van der Waals surface area contributed by atoms with Crippen molar-refractivity contribution in [2.75, 3.05) is 6.54 Å². The molecule has 1 aromatic heterocycles. The zero-order chi connectivity index (χ0) is 16.2. The van der Waals surface area contributed by atoms with Crippen molar-refractivity contribution in [2.45, 2.75) is 23.5 Å². The van der Waals surface area contributed by atoms with Gasteiger partial charge in [0.2, 0.25) is 10.0 Å². The molecule has 0 aliphatic rings. The molecular weight excluding hydrogens is 322 g/mol. The molecule has 2 rings (SSSR count). The van der Waals surface area contributed by atoms with Crippen LogP contribution in [0.15, 0.2) is 46.7 Å². The van der Waals surface area contributed by atoms with Crippen LogP contribution in [0.5, 0.6) is 0 Å². The van der Waals surface area contributed by atoms with Gasteiger partial charge in [0.1, 0.15) is 4.21 Å². The molecule has 2 N–H and O–H groups in total. The molecule has 0 aliphatic heterocycles. The number of aliphatic carboxylic acids is 1. The van der Waals surface area contributed by atoms with E-state index in [0.717, 1.165) is 11.3 Å². The van der Waals surface area contributed by atoms with Crippen LogP contribution in [0.4, 0.5) is 0 Å². The Morgan fingerprint density at radius 2 is 1.91 bits per heavy atom. The summed E-state index contributed by atoms with van der Waals surface area (Å²) in [6.45, 7) is 1.77. The Morgan fingerprint density at radius 3 is 2.45 bits per heavy atom. The van der Waals surface area contributed by atoms with Gasteiger partial charge in [-0.25, -0.2) is 13.1 Å². The summed E-state index contributed by atoms with van der Waals surface area (Å²) in [5, 5.41) is 9.30. The average Bonchev–Trinajstić information content (AvgIpc) is 2.98. The van der Waals surface area contributed by atoms with E-state index in [-0.39, 0.29) is 10.8 Å². The standard InChI is InChI=1S/C15H17NO4S2/c1-2-12-8-9-14(21-12)22(19,20)16-10-13(15(17)18)11-6-4-3-5-7-11/h3-9,13,16H,2,10H2,1H3,(H,17,18). The first-order valence-electron chi connectivity index (χ1n) is 6.80. The van der Waals surface area contributed by atoms with E-state index in [1.54, 1.807) is 42.5 Å². The molecule has 118 valence electrons. The molecule has 0 spiro atoms. The van der Waals surface area contributed by atoms with Crippen molar-refractivity contribution in [1.29, 1.82) is 0 Å². The second kappa shape index (κ2) is 7.04. The molecule has 7 heteroatoms. The molecule has 0 aliphatic carbocycles. The summed E-state index contributed by atoms with van der Waals surface area (Å²) in [5.41, 5.74) is 0.568. The molecule has 0 bridgehead atoms. The van der Waals surface area contributed by atoms with Crippen LogP contribution >= 0.6 is 11.3 Å². The number of thiophene rings is 1. The van der Waals surface area contributed by atoms with Gasteiger partial charge in [-0.15, -0.1) is 11.3 Å². The van der Waals surface area contributed by atoms with Crippen molar-refractivity contribution in [3.8, 4) is 0 Å². The Bertz CT molecular complexity index is 738. The molecule has 22 heavy (non-hydrogen) atoms. The number of carboxylic acids is 1. The van der Waals surface area contributed by atoms with E-state index in [4.69, 9.17) is 0 Å². The van der Waals surface area contributed by atoms with E-state index in [1.807, 2.05) is 6.92 Å². The number of benzene rings is 1. The first-order valence-corrected chi connectivity index (χ1v) is 9.10. The SMILES string of the molecule is CCc1ccc(S(=O)(=O)NCC(C(=O)O)c2ccccc2)s1. The van der Waals surface area contributed by atoms with Gasteiger partial charge < -0.3 is 5.11 Å². The summed E-state index contributed by atoms with van der Waals surface area (Å²) in [6, 6.07) is 11.9. The third-order valence-electron chi connectivity index (χ3n) is 3.23. The fraction of sp³-hybridized carbons (Fsp3) is 0.267. The smallest absolute Gasteiger partial charge is 0.312 e. The first-order chi connectivity index (χ1) is 10.4. The first kappa shape index (κ1) is 16.7. The van der Waals surface area contributed by atoms with Gasteiger partial charge in [-0.1, -0.05) is 37.3 Å². The predicted molar refractivity (Wildman–Crippen MR) is 85.7 cm³/mol. The van der Waals surface area contributed by atoms with Crippen LogP contribution in [0.1, 0.15) is 23.3 Å². The number of carboxylic acid groups (broad SMARTS) is 1. The van der Waals surface area contributed by atoms with Gasteiger partial charge in [0.15, 0.2) is 0 Å². The highest BCUT2D eigenvalue weighted by Gasteiger charge is 2.24. The average molecular weight is 339 g/mol. The van der Waals surface area contributed by atoms with Crippen molar-refractivity contribution < 1.29 is 18.3 Å². The summed E-state index contributed by atoms with van der Waals surface area (Å²) < 4.78 is 27.1. The van der Waals surface area contributed by atoms with Crippen LogP contribution in [0.3, 0.4) is 0 Å². The molecule has 1 atom stereocenters. The topological polar surface area (TPSA) is 83.5 Å². The van der Waals surface area contributed by atoms with Crippen molar-refractivity contribution in [3.63, 3.8) is 0 Å². The van der Waals surface area contributed by atoms with Gasteiger partial charge in [-0.2, -0.15) is 0 Å². The van der Waals surface area contributed by atoms with Gasteiger partial charge in [0, 0.05) is 11.4 Å². The van der Waals surface area contributed by atoms with E-state index in [9.17, 15) is 18.3 Å². The monoisotopic (exact) mass is 339 g/mol. The minimum atomic E-state index is -3.68. The molecule has 1 unspecified atom stereocenters. The molecule has 0 fully saturated rings. The van der Waals surface area contributed by atoms with Crippen molar-refractivity contribution in [1.82, 2.24) is 4.72 Å². The molecule has 5 nitrogen and oxygen atoms in total. The van der Waals surface area contributed by atoms with Crippen molar-refractivity contribution in [2.24, 2.45) is 0 Å². The summed E-state index contributed by atoms with van der Waals surface area (Å²) in [4.78, 5) is 12.3. The number of hydrogen-bond acceptors (Lipinski definition) is 4. The van der Waals surface area contributed by atoms with Crippen LogP contribution < -0.4 is 4.72 Å². The highest BCUT2D eigenvalue weighted by molar-refractivity contribution is 7.91. The molecule has 0 saturated heterocycles. The maximum atomic E-state index is 12.2. The quantitative estimate of drug-likeness (QED) is 0.812. The third kappa shape index (κ3) is 3.94. The largest absolute Gasteiger partial charge is 0.481 e. The second-order valence-corrected chi connectivity index (χ2v) is 7.89. The minimum Gasteiger partial charge on any atom is -0.481 e. The molecule has 0 amide bonds. The van der Waals surface area contributed by atoms with Crippen LogP contribution in [-0.2, 0) is 21.2 Å². The van der Waals surface area contributed by atoms with E-state index in [1.165, 1.54) is 11.3 Å². The Balaban J connectivity index is 2.14. The number of hydrogen-bond donors (Lipinski definition) is 2. The van der Waals surface area contributed by atoms with Gasteiger partial charge in [0.05, 0.1) is 5.92 Å². The normalized spacial score (nSPS) is 13.0. The lowest BCUT2D eigenvalue weighted by molar-refractivity contribution is -0.138. The van der Waals surface area contributed by atoms with Crippen molar-refractivity contribution in [3.05, 3.63) is 52.9 Å². The molecule has 0 saturated carbocycles. The fourth-order valence-corrected chi connectivity index (χ4v) is 4.38. The maximum Gasteiger partial charge on any atom is 0.312 e. The Morgan fingerprint density at radius 1 is 1.23 bits per heavy atom. The lowest BCUT2D eigenvalue weighted by atomic mass is 10.00. The van der Waals surface area contributed by atoms with Gasteiger partial charge in [-0.3, -0.25) is 4.79 Å². The fourth-order valence-electron chi connectivity index (χ4n) is 1.99. The zero-order valence-electron chi connectivity index (χ0n) is 12.0. The van der Waals surface area contributed by atoms with E-state index in [2.05, 4.69) is 4.72 Å². The lowest BCUT2D eigenvalue weighted by Crippen LogP contribution is -2.31. The van der Waals surface area contributed by atoms with E-state index >= 15 is 0 Å². The van der Waals surface area contributed by atoms with E-state index in [0.29, 0.717) is 5.56 Å². The third-order valence-corrected chi connectivity index (χ3v) is 6.37. The van der Waals surface area contributed by atoms with Crippen LogP contribution in [0.2, 0.25) is 0 Å². The second-order valence-electron chi connectivity index (χ2n) is 4.73. The molecule has 0 radical (unpaired) electrons. The molecule has 1 heterocycles. The molecule has 1 aromatic carbocycles. The highest BCUT2D eigenvalue weighted by Crippen LogP contribution is 2.22. The number of rotatable bonds is 7. The van der Waals surface area contributed by atoms with Crippen LogP contribution in [0, 0.1) is 0 Å². The maximum absolute atomic E-state index is 12.2. The van der Waals surface area contributed by atoms with Crippen molar-refractivity contribution >= 4 is 27.3 Å². The lowest BCUT2D eigenvalue weighted by Gasteiger charge is -2.13. The van der Waals surface area contributed by atoms with E-state index < -0.39 is 21.9 Å². The summed E-state index contributed by atoms with van der Waals surface area (Å²) in [6.07, 6.45) is 0.766. The molecular formula is C15H17NO4S2.